The number of hydrogen-bond acceptors (Lipinski definition) is 4. The summed E-state index contributed by atoms with van der Waals surface area (Å²) in [7, 11) is 0. The first-order chi connectivity index (χ1) is 9.15. The first-order valence-electron chi connectivity index (χ1n) is 5.84. The van der Waals surface area contributed by atoms with Gasteiger partial charge in [0.15, 0.2) is 5.16 Å². The maximum Gasteiger partial charge on any atom is 0.191 e. The van der Waals surface area contributed by atoms with E-state index < -0.39 is 5.82 Å². The third-order valence-corrected chi connectivity index (χ3v) is 3.99. The van der Waals surface area contributed by atoms with Gasteiger partial charge < -0.3 is 10.3 Å². The highest BCUT2D eigenvalue weighted by atomic mass is 35.5. The van der Waals surface area contributed by atoms with Gasteiger partial charge in [-0.25, -0.2) is 4.39 Å². The third-order valence-electron chi connectivity index (χ3n) is 2.64. The van der Waals surface area contributed by atoms with Crippen LogP contribution in [0.2, 0.25) is 5.02 Å². The van der Waals surface area contributed by atoms with Crippen molar-refractivity contribution in [1.29, 1.82) is 0 Å². The molecule has 19 heavy (non-hydrogen) atoms. The molecule has 0 radical (unpaired) electrons. The van der Waals surface area contributed by atoms with E-state index in [4.69, 9.17) is 17.3 Å². The molecule has 0 aliphatic heterocycles. The minimum atomic E-state index is -0.403. The van der Waals surface area contributed by atoms with Gasteiger partial charge in [-0.1, -0.05) is 29.4 Å². The summed E-state index contributed by atoms with van der Waals surface area (Å²) in [5, 5.41) is 9.04. The minimum absolute atomic E-state index is 0.135. The highest BCUT2D eigenvalue weighted by Crippen LogP contribution is 2.24. The molecule has 0 aliphatic carbocycles. The quantitative estimate of drug-likeness (QED) is 0.863. The Hall–Kier alpha value is -1.11. The van der Waals surface area contributed by atoms with Crippen LogP contribution in [0.15, 0.2) is 23.4 Å². The van der Waals surface area contributed by atoms with E-state index in [0.717, 1.165) is 23.1 Å². The van der Waals surface area contributed by atoms with E-state index in [1.807, 2.05) is 11.5 Å². The molecule has 1 aromatic carbocycles. The molecule has 2 aromatic rings. The SMILES string of the molecule is CCn1c(CN)nnc1SCc1ccc(Cl)c(F)c1. The van der Waals surface area contributed by atoms with Gasteiger partial charge in [0.2, 0.25) is 0 Å². The molecule has 2 rings (SSSR count). The van der Waals surface area contributed by atoms with Gasteiger partial charge in [0.05, 0.1) is 11.6 Å². The number of halogens is 2. The number of rotatable bonds is 5. The van der Waals surface area contributed by atoms with Crippen LogP contribution in [0, 0.1) is 5.82 Å². The van der Waals surface area contributed by atoms with Gasteiger partial charge in [0.1, 0.15) is 11.6 Å². The van der Waals surface area contributed by atoms with Gasteiger partial charge in [0.25, 0.3) is 0 Å². The third kappa shape index (κ3) is 3.26. The highest BCUT2D eigenvalue weighted by molar-refractivity contribution is 7.98. The van der Waals surface area contributed by atoms with Gasteiger partial charge >= 0.3 is 0 Å². The average Bonchev–Trinajstić information content (AvgIpc) is 2.82. The summed E-state index contributed by atoms with van der Waals surface area (Å²) < 4.78 is 15.3. The summed E-state index contributed by atoms with van der Waals surface area (Å²) in [5.41, 5.74) is 6.44. The number of nitrogens with two attached hydrogens (primary N) is 1. The van der Waals surface area contributed by atoms with Crippen molar-refractivity contribution in [3.63, 3.8) is 0 Å². The normalized spacial score (nSPS) is 10.9. The molecule has 0 unspecified atom stereocenters. The largest absolute Gasteiger partial charge is 0.324 e. The lowest BCUT2D eigenvalue weighted by molar-refractivity contribution is 0.626. The molecule has 0 bridgehead atoms. The summed E-state index contributed by atoms with van der Waals surface area (Å²) in [6, 6.07) is 4.80. The first kappa shape index (κ1) is 14.3. The highest BCUT2D eigenvalue weighted by Gasteiger charge is 2.10. The summed E-state index contributed by atoms with van der Waals surface area (Å²) >= 11 is 7.14. The maximum absolute atomic E-state index is 13.3. The zero-order chi connectivity index (χ0) is 13.8. The Morgan fingerprint density at radius 3 is 2.84 bits per heavy atom. The van der Waals surface area contributed by atoms with Crippen LogP contribution < -0.4 is 5.73 Å². The van der Waals surface area contributed by atoms with E-state index in [9.17, 15) is 4.39 Å². The second-order valence-corrected chi connectivity index (χ2v) is 5.23. The number of aromatic nitrogens is 3. The number of nitrogens with zero attached hydrogens (tertiary/aromatic N) is 3. The van der Waals surface area contributed by atoms with E-state index >= 15 is 0 Å². The molecule has 4 nitrogen and oxygen atoms in total. The number of benzene rings is 1. The Morgan fingerprint density at radius 1 is 1.42 bits per heavy atom. The van der Waals surface area contributed by atoms with Crippen molar-refractivity contribution in [2.75, 3.05) is 0 Å². The van der Waals surface area contributed by atoms with Crippen LogP contribution >= 0.6 is 23.4 Å². The molecule has 7 heteroatoms. The standard InChI is InChI=1S/C12H14ClFN4S/c1-2-18-11(6-15)16-17-12(18)19-7-8-3-4-9(13)10(14)5-8/h3-5H,2,6-7,15H2,1H3. The van der Waals surface area contributed by atoms with Crippen molar-refractivity contribution >= 4 is 23.4 Å². The Balaban J connectivity index is 2.09. The Labute approximate surface area is 120 Å². The fraction of sp³-hybridized carbons (Fsp3) is 0.333. The molecule has 1 aromatic heterocycles. The summed E-state index contributed by atoms with van der Waals surface area (Å²) in [6.07, 6.45) is 0. The van der Waals surface area contributed by atoms with Crippen molar-refractivity contribution in [2.45, 2.75) is 30.9 Å². The van der Waals surface area contributed by atoms with Gasteiger partial charge in [-0.3, -0.25) is 0 Å². The smallest absolute Gasteiger partial charge is 0.191 e. The number of thioether (sulfide) groups is 1. The Kier molecular flexibility index (Phi) is 4.79. The molecule has 0 saturated carbocycles. The van der Waals surface area contributed by atoms with Crippen LogP contribution in [0.1, 0.15) is 18.3 Å². The second-order valence-electron chi connectivity index (χ2n) is 3.88. The summed E-state index contributed by atoms with van der Waals surface area (Å²) in [5.74, 6) is 0.961. The molecule has 0 spiro atoms. The van der Waals surface area contributed by atoms with E-state index in [-0.39, 0.29) is 5.02 Å². The van der Waals surface area contributed by atoms with E-state index in [1.54, 1.807) is 12.1 Å². The fourth-order valence-electron chi connectivity index (χ4n) is 1.67. The average molecular weight is 301 g/mol. The van der Waals surface area contributed by atoms with E-state index in [0.29, 0.717) is 12.3 Å². The van der Waals surface area contributed by atoms with Crippen LogP contribution in [0.5, 0.6) is 0 Å². The summed E-state index contributed by atoms with van der Waals surface area (Å²) in [4.78, 5) is 0. The number of hydrogen-bond donors (Lipinski definition) is 1. The second kappa shape index (κ2) is 6.36. The van der Waals surface area contributed by atoms with Gasteiger partial charge in [-0.05, 0) is 24.6 Å². The van der Waals surface area contributed by atoms with Crippen LogP contribution in [0.25, 0.3) is 0 Å². The molecule has 102 valence electrons. The van der Waals surface area contributed by atoms with Crippen molar-refractivity contribution in [2.24, 2.45) is 5.73 Å². The van der Waals surface area contributed by atoms with Gasteiger partial charge in [-0.2, -0.15) is 0 Å². The molecular formula is C12H14ClFN4S. The van der Waals surface area contributed by atoms with Crippen molar-refractivity contribution < 1.29 is 4.39 Å². The molecule has 0 fully saturated rings. The Bertz CT molecular complexity index is 573. The van der Waals surface area contributed by atoms with Gasteiger partial charge in [-0.15, -0.1) is 10.2 Å². The van der Waals surface area contributed by atoms with Crippen LogP contribution in [0.3, 0.4) is 0 Å². The van der Waals surface area contributed by atoms with Crippen LogP contribution in [-0.2, 0) is 18.8 Å². The van der Waals surface area contributed by atoms with Crippen LogP contribution in [0.4, 0.5) is 4.39 Å². The molecule has 2 N–H and O–H groups in total. The maximum atomic E-state index is 13.3. The zero-order valence-electron chi connectivity index (χ0n) is 10.4. The van der Waals surface area contributed by atoms with Crippen molar-refractivity contribution in [3.8, 4) is 0 Å². The molecular weight excluding hydrogens is 287 g/mol. The van der Waals surface area contributed by atoms with E-state index in [2.05, 4.69) is 10.2 Å². The topological polar surface area (TPSA) is 56.7 Å². The van der Waals surface area contributed by atoms with Crippen molar-refractivity contribution in [3.05, 3.63) is 40.4 Å². The lowest BCUT2D eigenvalue weighted by atomic mass is 10.2. The molecule has 0 atom stereocenters. The minimum Gasteiger partial charge on any atom is -0.324 e. The molecule has 0 aliphatic rings. The molecule has 0 saturated heterocycles. The predicted molar refractivity (Wildman–Crippen MR) is 74.6 cm³/mol. The van der Waals surface area contributed by atoms with E-state index in [1.165, 1.54) is 17.8 Å². The lowest BCUT2D eigenvalue weighted by Gasteiger charge is -2.06. The first-order valence-corrected chi connectivity index (χ1v) is 7.21. The molecule has 1 heterocycles. The molecule has 0 amide bonds. The zero-order valence-corrected chi connectivity index (χ0v) is 12.0. The van der Waals surface area contributed by atoms with Gasteiger partial charge in [0, 0.05) is 12.3 Å². The predicted octanol–water partition coefficient (Wildman–Crippen LogP) is 2.84. The van der Waals surface area contributed by atoms with Crippen LogP contribution in [-0.4, -0.2) is 14.8 Å². The fourth-order valence-corrected chi connectivity index (χ4v) is 2.75. The van der Waals surface area contributed by atoms with Crippen molar-refractivity contribution in [1.82, 2.24) is 14.8 Å². The monoisotopic (exact) mass is 300 g/mol. The Morgan fingerprint density at radius 2 is 2.21 bits per heavy atom. The summed E-state index contributed by atoms with van der Waals surface area (Å²) in [6.45, 7) is 3.13. The lowest BCUT2D eigenvalue weighted by Crippen LogP contribution is -2.08.